The normalized spacial score (nSPS) is 17.6. The first-order valence-electron chi connectivity index (χ1n) is 4.79. The van der Waals surface area contributed by atoms with E-state index in [-0.39, 0.29) is 0 Å². The fraction of sp³-hybridized carbons (Fsp3) is 0.364. The first-order chi connectivity index (χ1) is 6.84. The Labute approximate surface area is 82.4 Å². The fourth-order valence-electron chi connectivity index (χ4n) is 1.94. The van der Waals surface area contributed by atoms with E-state index >= 15 is 0 Å². The van der Waals surface area contributed by atoms with E-state index in [0.717, 1.165) is 23.6 Å². The van der Waals surface area contributed by atoms with Crippen LogP contribution in [0.1, 0.15) is 18.2 Å². The molecule has 0 bridgehead atoms. The molecule has 1 aliphatic carbocycles. The molecule has 0 radical (unpaired) electrons. The lowest BCUT2D eigenvalue weighted by atomic mass is 10.1. The summed E-state index contributed by atoms with van der Waals surface area (Å²) in [5.41, 5.74) is 3.54. The summed E-state index contributed by atoms with van der Waals surface area (Å²) in [6, 6.07) is 0. The Morgan fingerprint density at radius 3 is 3.07 bits per heavy atom. The number of rotatable bonds is 0. The zero-order valence-corrected chi connectivity index (χ0v) is 8.04. The standard InChI is InChI=1S/C11H11NO2/c1-7-4-8-9(5-7)12-6-10-11(8)14-3-2-13-10/h5-6H,2-4H2,1H3. The van der Waals surface area contributed by atoms with Crippen molar-refractivity contribution in [2.45, 2.75) is 13.3 Å². The van der Waals surface area contributed by atoms with Crippen LogP contribution in [0, 0.1) is 0 Å². The molecule has 3 nitrogen and oxygen atoms in total. The van der Waals surface area contributed by atoms with Gasteiger partial charge in [0.1, 0.15) is 13.2 Å². The van der Waals surface area contributed by atoms with Gasteiger partial charge in [0.15, 0.2) is 11.5 Å². The Morgan fingerprint density at radius 1 is 1.29 bits per heavy atom. The average Bonchev–Trinajstić information content (AvgIpc) is 2.59. The summed E-state index contributed by atoms with van der Waals surface area (Å²) in [6.45, 7) is 3.38. The number of nitrogens with zero attached hydrogens (tertiary/aromatic N) is 1. The first kappa shape index (κ1) is 7.85. The fourth-order valence-corrected chi connectivity index (χ4v) is 1.94. The molecule has 0 atom stereocenters. The summed E-state index contributed by atoms with van der Waals surface area (Å²) >= 11 is 0. The molecule has 72 valence electrons. The van der Waals surface area contributed by atoms with E-state index in [0.29, 0.717) is 13.2 Å². The summed E-state index contributed by atoms with van der Waals surface area (Å²) in [4.78, 5) is 4.34. The van der Waals surface area contributed by atoms with Crippen LogP contribution in [0.5, 0.6) is 11.5 Å². The molecule has 0 aromatic carbocycles. The van der Waals surface area contributed by atoms with Crippen molar-refractivity contribution in [2.75, 3.05) is 13.2 Å². The van der Waals surface area contributed by atoms with Gasteiger partial charge in [-0.3, -0.25) is 4.98 Å². The maximum atomic E-state index is 5.62. The van der Waals surface area contributed by atoms with Crippen molar-refractivity contribution in [3.05, 3.63) is 23.0 Å². The van der Waals surface area contributed by atoms with Gasteiger partial charge in [0.05, 0.1) is 11.9 Å². The number of hydrogen-bond acceptors (Lipinski definition) is 3. The van der Waals surface area contributed by atoms with Gasteiger partial charge in [-0.25, -0.2) is 0 Å². The summed E-state index contributed by atoms with van der Waals surface area (Å²) < 4.78 is 11.1. The molecule has 1 aromatic heterocycles. The molecule has 2 aliphatic rings. The lowest BCUT2D eigenvalue weighted by molar-refractivity contribution is 0.169. The third-order valence-corrected chi connectivity index (χ3v) is 2.55. The Kier molecular flexibility index (Phi) is 1.54. The lowest BCUT2D eigenvalue weighted by Crippen LogP contribution is -2.17. The van der Waals surface area contributed by atoms with Crippen LogP contribution in [0.4, 0.5) is 0 Å². The van der Waals surface area contributed by atoms with Crippen LogP contribution in [0.25, 0.3) is 6.08 Å². The van der Waals surface area contributed by atoms with Crippen molar-refractivity contribution in [3.8, 4) is 11.5 Å². The van der Waals surface area contributed by atoms with E-state index < -0.39 is 0 Å². The molecule has 1 aliphatic heterocycles. The Hall–Kier alpha value is -1.51. The minimum Gasteiger partial charge on any atom is -0.486 e. The van der Waals surface area contributed by atoms with Gasteiger partial charge < -0.3 is 9.47 Å². The van der Waals surface area contributed by atoms with Crippen LogP contribution in [0.3, 0.4) is 0 Å². The molecule has 3 heteroatoms. The molecule has 3 rings (SSSR count). The highest BCUT2D eigenvalue weighted by Crippen LogP contribution is 2.39. The predicted octanol–water partition coefficient (Wildman–Crippen LogP) is 1.81. The first-order valence-corrected chi connectivity index (χ1v) is 4.79. The summed E-state index contributed by atoms with van der Waals surface area (Å²) in [5, 5.41) is 0. The molecule has 14 heavy (non-hydrogen) atoms. The average molecular weight is 189 g/mol. The van der Waals surface area contributed by atoms with E-state index in [1.807, 2.05) is 0 Å². The van der Waals surface area contributed by atoms with Gasteiger partial charge in [-0.05, 0) is 19.4 Å². The molecule has 0 unspecified atom stereocenters. The maximum absolute atomic E-state index is 5.62. The number of hydrogen-bond donors (Lipinski definition) is 0. The van der Waals surface area contributed by atoms with E-state index in [1.54, 1.807) is 6.20 Å². The lowest BCUT2D eigenvalue weighted by Gasteiger charge is -2.20. The van der Waals surface area contributed by atoms with Crippen molar-refractivity contribution in [2.24, 2.45) is 0 Å². The Bertz CT molecular complexity index is 424. The molecular formula is C11H11NO2. The van der Waals surface area contributed by atoms with Crippen LogP contribution >= 0.6 is 0 Å². The highest BCUT2D eigenvalue weighted by atomic mass is 16.6. The second-order valence-electron chi connectivity index (χ2n) is 3.68. The van der Waals surface area contributed by atoms with Gasteiger partial charge in [-0.15, -0.1) is 0 Å². The molecule has 0 saturated carbocycles. The number of fused-ring (bicyclic) bond motifs is 3. The van der Waals surface area contributed by atoms with Gasteiger partial charge >= 0.3 is 0 Å². The van der Waals surface area contributed by atoms with Crippen LogP contribution in [0.15, 0.2) is 11.8 Å². The molecule has 0 spiro atoms. The third kappa shape index (κ3) is 1.02. The van der Waals surface area contributed by atoms with Crippen molar-refractivity contribution in [3.63, 3.8) is 0 Å². The smallest absolute Gasteiger partial charge is 0.179 e. The summed E-state index contributed by atoms with van der Waals surface area (Å²) in [7, 11) is 0. The van der Waals surface area contributed by atoms with Crippen LogP contribution in [0.2, 0.25) is 0 Å². The largest absolute Gasteiger partial charge is 0.486 e. The highest BCUT2D eigenvalue weighted by molar-refractivity contribution is 5.66. The van der Waals surface area contributed by atoms with Crippen molar-refractivity contribution < 1.29 is 9.47 Å². The van der Waals surface area contributed by atoms with E-state index in [2.05, 4.69) is 18.0 Å². The van der Waals surface area contributed by atoms with Crippen molar-refractivity contribution in [1.82, 2.24) is 4.98 Å². The number of allylic oxidation sites excluding steroid dienone is 1. The molecule has 0 fully saturated rings. The molecule has 1 aromatic rings. The van der Waals surface area contributed by atoms with E-state index in [4.69, 9.17) is 9.47 Å². The van der Waals surface area contributed by atoms with Gasteiger partial charge in [-0.1, -0.05) is 5.57 Å². The second-order valence-corrected chi connectivity index (χ2v) is 3.68. The molecule has 2 heterocycles. The second kappa shape index (κ2) is 2.74. The minimum absolute atomic E-state index is 0.625. The third-order valence-electron chi connectivity index (χ3n) is 2.55. The van der Waals surface area contributed by atoms with Gasteiger partial charge in [0, 0.05) is 5.56 Å². The minimum atomic E-state index is 0.625. The predicted molar refractivity (Wildman–Crippen MR) is 52.6 cm³/mol. The topological polar surface area (TPSA) is 31.4 Å². The highest BCUT2D eigenvalue weighted by Gasteiger charge is 2.22. The zero-order valence-electron chi connectivity index (χ0n) is 8.04. The quantitative estimate of drug-likeness (QED) is 0.623. The number of ether oxygens (including phenoxy) is 2. The van der Waals surface area contributed by atoms with Crippen LogP contribution < -0.4 is 9.47 Å². The van der Waals surface area contributed by atoms with Crippen molar-refractivity contribution >= 4 is 6.08 Å². The van der Waals surface area contributed by atoms with Crippen LogP contribution in [-0.4, -0.2) is 18.2 Å². The summed E-state index contributed by atoms with van der Waals surface area (Å²) in [6.07, 6.45) is 4.80. The van der Waals surface area contributed by atoms with Gasteiger partial charge in [-0.2, -0.15) is 0 Å². The maximum Gasteiger partial charge on any atom is 0.179 e. The number of pyridine rings is 1. The summed E-state index contributed by atoms with van der Waals surface area (Å²) in [5.74, 6) is 1.69. The van der Waals surface area contributed by atoms with Gasteiger partial charge in [0.2, 0.25) is 0 Å². The van der Waals surface area contributed by atoms with E-state index in [1.165, 1.54) is 11.1 Å². The molecule has 0 amide bonds. The monoisotopic (exact) mass is 189 g/mol. The zero-order chi connectivity index (χ0) is 9.54. The number of aromatic nitrogens is 1. The SMILES string of the molecule is CC1=Cc2ncc3c(c2C1)OCCO3. The van der Waals surface area contributed by atoms with E-state index in [9.17, 15) is 0 Å². The molecular weight excluding hydrogens is 178 g/mol. The molecule has 0 saturated heterocycles. The Morgan fingerprint density at radius 2 is 2.14 bits per heavy atom. The van der Waals surface area contributed by atoms with Crippen LogP contribution in [-0.2, 0) is 6.42 Å². The van der Waals surface area contributed by atoms with Crippen molar-refractivity contribution in [1.29, 1.82) is 0 Å². The Balaban J connectivity index is 2.15. The molecule has 0 N–H and O–H groups in total. The van der Waals surface area contributed by atoms with Gasteiger partial charge in [0.25, 0.3) is 0 Å².